The zero-order chi connectivity index (χ0) is 18.8. The predicted molar refractivity (Wildman–Crippen MR) is 116 cm³/mol. The number of nitrogens with one attached hydrogen (secondary N) is 1. The molecule has 6 heteroatoms. The number of hydrogen-bond acceptors (Lipinski definition) is 4. The molecule has 0 atom stereocenters. The lowest BCUT2D eigenvalue weighted by molar-refractivity contribution is 0.102. The van der Waals surface area contributed by atoms with Crippen molar-refractivity contribution in [2.45, 2.75) is 4.90 Å². The van der Waals surface area contributed by atoms with Crippen LogP contribution in [0.1, 0.15) is 10.4 Å². The quantitative estimate of drug-likeness (QED) is 0.386. The van der Waals surface area contributed by atoms with Gasteiger partial charge in [-0.15, -0.1) is 23.1 Å². The van der Waals surface area contributed by atoms with Gasteiger partial charge in [-0.05, 0) is 48.7 Å². The number of aromatic nitrogens is 1. The molecular weight excluding hydrogens is 396 g/mol. The molecule has 27 heavy (non-hydrogen) atoms. The summed E-state index contributed by atoms with van der Waals surface area (Å²) in [6.45, 7) is 0. The number of para-hydroxylation sites is 1. The Labute approximate surface area is 170 Å². The monoisotopic (exact) mass is 410 g/mol. The molecule has 0 saturated carbocycles. The van der Waals surface area contributed by atoms with Crippen LogP contribution in [-0.2, 0) is 0 Å². The van der Waals surface area contributed by atoms with Crippen molar-refractivity contribution in [2.75, 3.05) is 11.6 Å². The van der Waals surface area contributed by atoms with Crippen molar-refractivity contribution in [1.29, 1.82) is 0 Å². The van der Waals surface area contributed by atoms with E-state index in [9.17, 15) is 4.79 Å². The van der Waals surface area contributed by atoms with Gasteiger partial charge in [0.05, 0.1) is 20.8 Å². The summed E-state index contributed by atoms with van der Waals surface area (Å²) in [5.41, 5.74) is 3.13. The number of anilines is 1. The van der Waals surface area contributed by atoms with Gasteiger partial charge in [0.2, 0.25) is 0 Å². The lowest BCUT2D eigenvalue weighted by Gasteiger charge is -2.09. The topological polar surface area (TPSA) is 42.0 Å². The summed E-state index contributed by atoms with van der Waals surface area (Å²) in [5, 5.41) is 4.30. The van der Waals surface area contributed by atoms with Crippen molar-refractivity contribution in [3.05, 3.63) is 77.3 Å². The first-order valence-electron chi connectivity index (χ1n) is 8.25. The normalized spacial score (nSPS) is 10.9. The summed E-state index contributed by atoms with van der Waals surface area (Å²) >= 11 is 9.41. The second-order valence-electron chi connectivity index (χ2n) is 5.87. The van der Waals surface area contributed by atoms with Crippen LogP contribution in [0.25, 0.3) is 20.8 Å². The molecule has 0 aliphatic carbocycles. The maximum atomic E-state index is 12.7. The van der Waals surface area contributed by atoms with Gasteiger partial charge < -0.3 is 5.32 Å². The smallest absolute Gasteiger partial charge is 0.257 e. The van der Waals surface area contributed by atoms with Crippen LogP contribution in [-0.4, -0.2) is 17.1 Å². The Morgan fingerprint density at radius 2 is 1.93 bits per heavy atom. The maximum absolute atomic E-state index is 12.7. The minimum Gasteiger partial charge on any atom is -0.322 e. The molecule has 4 aromatic rings. The van der Waals surface area contributed by atoms with E-state index < -0.39 is 0 Å². The number of carbonyl (C=O) groups is 1. The molecule has 1 aromatic heterocycles. The standard InChI is InChI=1S/C21H15ClN2OS2/c1-26-15-9-10-17(22)16(12-15)20(25)23-14-6-4-5-13(11-14)21-24-18-7-2-3-8-19(18)27-21/h2-12H,1H3,(H,23,25). The van der Waals surface area contributed by atoms with Crippen LogP contribution >= 0.6 is 34.7 Å². The fourth-order valence-electron chi connectivity index (χ4n) is 2.73. The number of halogens is 1. The first-order chi connectivity index (χ1) is 13.1. The van der Waals surface area contributed by atoms with Crippen molar-refractivity contribution in [2.24, 2.45) is 0 Å². The molecule has 3 aromatic carbocycles. The lowest BCUT2D eigenvalue weighted by Crippen LogP contribution is -2.12. The van der Waals surface area contributed by atoms with Crippen molar-refractivity contribution < 1.29 is 4.79 Å². The Hall–Kier alpha value is -2.34. The third kappa shape index (κ3) is 3.86. The van der Waals surface area contributed by atoms with Crippen molar-refractivity contribution in [3.8, 4) is 10.6 Å². The molecule has 1 N–H and O–H groups in total. The van der Waals surface area contributed by atoms with E-state index in [0.29, 0.717) is 16.3 Å². The van der Waals surface area contributed by atoms with E-state index in [1.165, 1.54) is 0 Å². The lowest BCUT2D eigenvalue weighted by atomic mass is 10.1. The molecule has 0 aliphatic rings. The average molecular weight is 411 g/mol. The number of nitrogens with zero attached hydrogens (tertiary/aromatic N) is 1. The summed E-state index contributed by atoms with van der Waals surface area (Å²) < 4.78 is 1.14. The van der Waals surface area contributed by atoms with Crippen LogP contribution in [0.2, 0.25) is 5.02 Å². The maximum Gasteiger partial charge on any atom is 0.257 e. The molecule has 3 nitrogen and oxygen atoms in total. The van der Waals surface area contributed by atoms with Crippen molar-refractivity contribution >= 4 is 56.5 Å². The molecule has 0 fully saturated rings. The van der Waals surface area contributed by atoms with E-state index in [1.54, 1.807) is 35.2 Å². The van der Waals surface area contributed by atoms with Gasteiger partial charge in [-0.1, -0.05) is 35.9 Å². The first kappa shape index (κ1) is 18.0. The van der Waals surface area contributed by atoms with Gasteiger partial charge >= 0.3 is 0 Å². The summed E-state index contributed by atoms with van der Waals surface area (Å²) in [7, 11) is 0. The van der Waals surface area contributed by atoms with Gasteiger partial charge in [-0.2, -0.15) is 0 Å². The zero-order valence-electron chi connectivity index (χ0n) is 14.4. The highest BCUT2D eigenvalue weighted by Gasteiger charge is 2.13. The van der Waals surface area contributed by atoms with E-state index >= 15 is 0 Å². The number of benzene rings is 3. The van der Waals surface area contributed by atoms with E-state index in [0.717, 1.165) is 25.7 Å². The number of thioether (sulfide) groups is 1. The largest absolute Gasteiger partial charge is 0.322 e. The number of amides is 1. The van der Waals surface area contributed by atoms with Gasteiger partial charge in [0.1, 0.15) is 5.01 Å². The Bertz CT molecular complexity index is 1110. The highest BCUT2D eigenvalue weighted by atomic mass is 35.5. The minimum absolute atomic E-state index is 0.225. The molecule has 0 aliphatic heterocycles. The SMILES string of the molecule is CSc1ccc(Cl)c(C(=O)Nc2cccc(-c3nc4ccccc4s3)c2)c1. The predicted octanol–water partition coefficient (Wildman–Crippen LogP) is 6.59. The number of hydrogen-bond donors (Lipinski definition) is 1. The Morgan fingerprint density at radius 1 is 1.07 bits per heavy atom. The minimum atomic E-state index is -0.225. The van der Waals surface area contributed by atoms with E-state index in [4.69, 9.17) is 11.6 Å². The molecule has 0 radical (unpaired) electrons. The fourth-order valence-corrected chi connectivity index (χ4v) is 4.33. The molecule has 134 valence electrons. The van der Waals surface area contributed by atoms with E-state index in [2.05, 4.69) is 16.4 Å². The van der Waals surface area contributed by atoms with Crippen molar-refractivity contribution in [3.63, 3.8) is 0 Å². The molecule has 1 amide bonds. The molecule has 0 saturated heterocycles. The highest BCUT2D eigenvalue weighted by Crippen LogP contribution is 2.31. The summed E-state index contributed by atoms with van der Waals surface area (Å²) in [6.07, 6.45) is 1.96. The van der Waals surface area contributed by atoms with Gasteiger partial charge in [-0.3, -0.25) is 4.79 Å². The van der Waals surface area contributed by atoms with Crippen LogP contribution in [0.4, 0.5) is 5.69 Å². The number of rotatable bonds is 4. The molecular formula is C21H15ClN2OS2. The zero-order valence-corrected chi connectivity index (χ0v) is 16.8. The van der Waals surface area contributed by atoms with Gasteiger partial charge in [0.15, 0.2) is 0 Å². The van der Waals surface area contributed by atoms with E-state index in [1.807, 2.05) is 54.8 Å². The highest BCUT2D eigenvalue weighted by molar-refractivity contribution is 7.98. The van der Waals surface area contributed by atoms with Crippen LogP contribution in [0.3, 0.4) is 0 Å². The van der Waals surface area contributed by atoms with Crippen LogP contribution < -0.4 is 5.32 Å². The summed E-state index contributed by atoms with van der Waals surface area (Å²) in [4.78, 5) is 18.3. The van der Waals surface area contributed by atoms with Gasteiger partial charge in [-0.25, -0.2) is 4.98 Å². The number of thiazole rings is 1. The van der Waals surface area contributed by atoms with E-state index in [-0.39, 0.29) is 5.91 Å². The molecule has 1 heterocycles. The van der Waals surface area contributed by atoms with Gasteiger partial charge in [0, 0.05) is 16.1 Å². The first-order valence-corrected chi connectivity index (χ1v) is 10.7. The molecule has 0 bridgehead atoms. The molecule has 0 spiro atoms. The summed E-state index contributed by atoms with van der Waals surface area (Å²) in [5.74, 6) is -0.225. The summed E-state index contributed by atoms with van der Waals surface area (Å²) in [6, 6.07) is 21.2. The van der Waals surface area contributed by atoms with Crippen molar-refractivity contribution in [1.82, 2.24) is 4.98 Å². The van der Waals surface area contributed by atoms with Crippen LogP contribution in [0, 0.1) is 0 Å². The number of carbonyl (C=O) groups excluding carboxylic acids is 1. The Balaban J connectivity index is 1.62. The second-order valence-corrected chi connectivity index (χ2v) is 8.18. The number of fused-ring (bicyclic) bond motifs is 1. The Kier molecular flexibility index (Phi) is 5.16. The molecule has 4 rings (SSSR count). The third-order valence-corrected chi connectivity index (χ3v) is 6.22. The Morgan fingerprint density at radius 3 is 2.74 bits per heavy atom. The fraction of sp³-hybridized carbons (Fsp3) is 0.0476. The second kappa shape index (κ2) is 7.72. The molecule has 0 unspecified atom stereocenters. The van der Waals surface area contributed by atoms with Gasteiger partial charge in [0.25, 0.3) is 5.91 Å². The average Bonchev–Trinajstić information content (AvgIpc) is 3.13. The van der Waals surface area contributed by atoms with Crippen LogP contribution in [0.15, 0.2) is 71.6 Å². The van der Waals surface area contributed by atoms with Crippen LogP contribution in [0.5, 0.6) is 0 Å². The third-order valence-electron chi connectivity index (χ3n) is 4.08.